The van der Waals surface area contributed by atoms with Gasteiger partial charge >= 0.3 is 0 Å². The molecular formula is C16H18ClN3O3. The second-order valence-corrected chi connectivity index (χ2v) is 5.63. The van der Waals surface area contributed by atoms with Crippen molar-refractivity contribution in [3.63, 3.8) is 0 Å². The molecule has 2 rings (SSSR count). The quantitative estimate of drug-likeness (QED) is 0.645. The fraction of sp³-hybridized carbons (Fsp3) is 0.312. The first kappa shape index (κ1) is 17.2. The fourth-order valence-corrected chi connectivity index (χ4v) is 2.50. The minimum absolute atomic E-state index is 0.158. The third-order valence-electron chi connectivity index (χ3n) is 3.55. The van der Waals surface area contributed by atoms with E-state index in [1.807, 2.05) is 38.1 Å². The van der Waals surface area contributed by atoms with Gasteiger partial charge in [0.2, 0.25) is 0 Å². The highest BCUT2D eigenvalue weighted by molar-refractivity contribution is 6.33. The molecule has 6 nitrogen and oxygen atoms in total. The molecule has 7 heteroatoms. The lowest BCUT2D eigenvalue weighted by atomic mass is 10.1. The highest BCUT2D eigenvalue weighted by Crippen LogP contribution is 2.28. The van der Waals surface area contributed by atoms with Gasteiger partial charge in [-0.3, -0.25) is 10.1 Å². The van der Waals surface area contributed by atoms with Crippen LogP contribution in [0, 0.1) is 17.0 Å². The van der Waals surface area contributed by atoms with E-state index >= 15 is 0 Å². The number of aliphatic hydroxyl groups excluding tert-OH is 1. The average molecular weight is 336 g/mol. The number of rotatable bonds is 6. The SMILES string of the molecule is CCN(CC(O)c1ccc(C)cc1)c1ncc([N+](=O)[O-])cc1Cl. The van der Waals surface area contributed by atoms with Crippen LogP contribution in [0.25, 0.3) is 0 Å². The molecule has 23 heavy (non-hydrogen) atoms. The normalized spacial score (nSPS) is 12.0. The Morgan fingerprint density at radius 2 is 2.04 bits per heavy atom. The predicted octanol–water partition coefficient (Wildman–Crippen LogP) is 3.51. The van der Waals surface area contributed by atoms with Crippen LogP contribution in [0.5, 0.6) is 0 Å². The van der Waals surface area contributed by atoms with Crippen molar-refractivity contribution in [1.29, 1.82) is 0 Å². The number of benzene rings is 1. The van der Waals surface area contributed by atoms with Crippen LogP contribution in [0.3, 0.4) is 0 Å². The van der Waals surface area contributed by atoms with Gasteiger partial charge in [0, 0.05) is 19.2 Å². The maximum absolute atomic E-state index is 10.7. The summed E-state index contributed by atoms with van der Waals surface area (Å²) in [6, 6.07) is 8.89. The molecule has 2 aromatic rings. The van der Waals surface area contributed by atoms with Crippen molar-refractivity contribution in [3.8, 4) is 0 Å². The van der Waals surface area contributed by atoms with E-state index in [1.165, 1.54) is 12.3 Å². The number of aromatic nitrogens is 1. The molecule has 0 fully saturated rings. The second-order valence-electron chi connectivity index (χ2n) is 5.22. The van der Waals surface area contributed by atoms with Crippen LogP contribution in [0.4, 0.5) is 11.5 Å². The molecule has 0 aliphatic heterocycles. The number of pyridine rings is 1. The summed E-state index contributed by atoms with van der Waals surface area (Å²) in [6.07, 6.45) is 0.464. The molecule has 0 saturated carbocycles. The van der Waals surface area contributed by atoms with Gasteiger partial charge in [0.05, 0.1) is 16.0 Å². The predicted molar refractivity (Wildman–Crippen MR) is 89.9 cm³/mol. The number of anilines is 1. The van der Waals surface area contributed by atoms with Gasteiger partial charge in [-0.2, -0.15) is 0 Å². The summed E-state index contributed by atoms with van der Waals surface area (Å²) in [5.41, 5.74) is 1.76. The van der Waals surface area contributed by atoms with Gasteiger partial charge in [0.15, 0.2) is 0 Å². The molecule has 1 aromatic carbocycles. The Bertz CT molecular complexity index is 691. The lowest BCUT2D eigenvalue weighted by Crippen LogP contribution is -2.29. The minimum atomic E-state index is -0.705. The number of halogens is 1. The fourth-order valence-electron chi connectivity index (χ4n) is 2.22. The largest absolute Gasteiger partial charge is 0.387 e. The first-order valence-electron chi connectivity index (χ1n) is 7.22. The highest BCUT2D eigenvalue weighted by Gasteiger charge is 2.18. The van der Waals surface area contributed by atoms with Gasteiger partial charge < -0.3 is 10.0 Å². The highest BCUT2D eigenvalue weighted by atomic mass is 35.5. The number of aliphatic hydroxyl groups is 1. The lowest BCUT2D eigenvalue weighted by Gasteiger charge is -2.25. The summed E-state index contributed by atoms with van der Waals surface area (Å²) in [5, 5.41) is 21.3. The van der Waals surface area contributed by atoms with Crippen LogP contribution in [0.1, 0.15) is 24.2 Å². The summed E-state index contributed by atoms with van der Waals surface area (Å²) in [4.78, 5) is 16.1. The molecule has 0 aliphatic carbocycles. The smallest absolute Gasteiger partial charge is 0.289 e. The van der Waals surface area contributed by atoms with E-state index in [0.717, 1.165) is 11.1 Å². The van der Waals surface area contributed by atoms with Crippen LogP contribution >= 0.6 is 11.6 Å². The van der Waals surface area contributed by atoms with E-state index < -0.39 is 11.0 Å². The van der Waals surface area contributed by atoms with E-state index in [-0.39, 0.29) is 10.7 Å². The Kier molecular flexibility index (Phi) is 5.52. The zero-order chi connectivity index (χ0) is 17.0. The molecular weight excluding hydrogens is 318 g/mol. The van der Waals surface area contributed by atoms with Crippen LogP contribution in [-0.4, -0.2) is 28.1 Å². The van der Waals surface area contributed by atoms with Crippen molar-refractivity contribution in [1.82, 2.24) is 4.98 Å². The Morgan fingerprint density at radius 3 is 2.57 bits per heavy atom. The van der Waals surface area contributed by atoms with Crippen molar-refractivity contribution in [2.75, 3.05) is 18.0 Å². The summed E-state index contributed by atoms with van der Waals surface area (Å²) >= 11 is 6.11. The number of nitrogens with zero attached hydrogens (tertiary/aromatic N) is 3. The summed E-state index contributed by atoms with van der Waals surface area (Å²) in [6.45, 7) is 4.74. The van der Waals surface area contributed by atoms with Gasteiger partial charge in [-0.05, 0) is 19.4 Å². The number of aryl methyl sites for hydroxylation is 1. The van der Waals surface area contributed by atoms with Gasteiger partial charge in [-0.15, -0.1) is 0 Å². The summed E-state index contributed by atoms with van der Waals surface area (Å²) < 4.78 is 0. The first-order chi connectivity index (χ1) is 10.9. The van der Waals surface area contributed by atoms with Crippen molar-refractivity contribution in [2.45, 2.75) is 20.0 Å². The van der Waals surface area contributed by atoms with Crippen LogP contribution in [-0.2, 0) is 0 Å². The molecule has 0 bridgehead atoms. The topological polar surface area (TPSA) is 79.5 Å². The number of nitro groups is 1. The van der Waals surface area contributed by atoms with E-state index in [2.05, 4.69) is 4.98 Å². The Hall–Kier alpha value is -2.18. The van der Waals surface area contributed by atoms with Crippen LogP contribution in [0.15, 0.2) is 36.5 Å². The number of likely N-dealkylation sites (N-methyl/N-ethyl adjacent to an activating group) is 1. The molecule has 0 amide bonds. The van der Waals surface area contributed by atoms with Crippen molar-refractivity contribution in [3.05, 3.63) is 62.8 Å². The van der Waals surface area contributed by atoms with Crippen LogP contribution in [0.2, 0.25) is 5.02 Å². The number of hydrogen-bond donors (Lipinski definition) is 1. The van der Waals surface area contributed by atoms with Gasteiger partial charge in [0.1, 0.15) is 12.0 Å². The van der Waals surface area contributed by atoms with Crippen molar-refractivity contribution < 1.29 is 10.0 Å². The molecule has 1 N–H and O–H groups in total. The lowest BCUT2D eigenvalue weighted by molar-refractivity contribution is -0.385. The molecule has 0 aliphatic rings. The second kappa shape index (κ2) is 7.39. The molecule has 1 atom stereocenters. The Labute approximate surface area is 139 Å². The van der Waals surface area contributed by atoms with Gasteiger partial charge in [0.25, 0.3) is 5.69 Å². The number of hydrogen-bond acceptors (Lipinski definition) is 5. The standard InChI is InChI=1S/C16H18ClN3O3/c1-3-19(10-15(21)12-6-4-11(2)5-7-12)16-14(17)8-13(9-18-16)20(22)23/h4-9,15,21H,3,10H2,1-2H3. The minimum Gasteiger partial charge on any atom is -0.387 e. The summed E-state index contributed by atoms with van der Waals surface area (Å²) in [7, 11) is 0. The molecule has 0 spiro atoms. The zero-order valence-corrected chi connectivity index (χ0v) is 13.7. The van der Waals surface area contributed by atoms with Gasteiger partial charge in [-0.25, -0.2) is 4.98 Å². The van der Waals surface area contributed by atoms with Crippen molar-refractivity contribution in [2.24, 2.45) is 0 Å². The molecule has 1 unspecified atom stereocenters. The van der Waals surface area contributed by atoms with E-state index in [1.54, 1.807) is 4.90 Å². The Balaban J connectivity index is 2.19. The summed E-state index contributed by atoms with van der Waals surface area (Å²) in [5.74, 6) is 0.422. The van der Waals surface area contributed by atoms with Gasteiger partial charge in [-0.1, -0.05) is 41.4 Å². The molecule has 0 radical (unpaired) electrons. The molecule has 0 saturated heterocycles. The monoisotopic (exact) mass is 335 g/mol. The van der Waals surface area contributed by atoms with E-state index in [0.29, 0.717) is 18.9 Å². The zero-order valence-electron chi connectivity index (χ0n) is 12.9. The van der Waals surface area contributed by atoms with E-state index in [4.69, 9.17) is 11.6 Å². The van der Waals surface area contributed by atoms with E-state index in [9.17, 15) is 15.2 Å². The Morgan fingerprint density at radius 1 is 1.39 bits per heavy atom. The van der Waals surface area contributed by atoms with Crippen LogP contribution < -0.4 is 4.90 Å². The maximum atomic E-state index is 10.7. The third kappa shape index (κ3) is 4.18. The third-order valence-corrected chi connectivity index (χ3v) is 3.83. The van der Waals surface area contributed by atoms with Crippen molar-refractivity contribution >= 4 is 23.1 Å². The molecule has 1 aromatic heterocycles. The first-order valence-corrected chi connectivity index (χ1v) is 7.59. The molecule has 1 heterocycles. The average Bonchev–Trinajstić information content (AvgIpc) is 2.53. The molecule has 122 valence electrons. The maximum Gasteiger partial charge on any atom is 0.289 e.